The van der Waals surface area contributed by atoms with Crippen molar-refractivity contribution in [3.8, 4) is 0 Å². The fourth-order valence-electron chi connectivity index (χ4n) is 1.32. The number of nitrogens with two attached hydrogens (primary N) is 1. The van der Waals surface area contributed by atoms with Gasteiger partial charge in [0.25, 0.3) is 0 Å². The minimum Gasteiger partial charge on any atom is -0.368 e. The Kier molecular flexibility index (Phi) is 4.95. The molecule has 2 rings (SSSR count). The minimum atomic E-state index is 0. The van der Waals surface area contributed by atoms with Gasteiger partial charge >= 0.3 is 0 Å². The highest BCUT2D eigenvalue weighted by atomic mass is 127. The lowest BCUT2D eigenvalue weighted by atomic mass is 10.3. The Morgan fingerprint density at radius 2 is 1.82 bits per heavy atom. The lowest BCUT2D eigenvalue weighted by molar-refractivity contribution is 1.10. The van der Waals surface area contributed by atoms with Crippen LogP contribution in [0.5, 0.6) is 0 Å². The first-order chi connectivity index (χ1) is 7.66. The van der Waals surface area contributed by atoms with Crippen LogP contribution in [0.2, 0.25) is 0 Å². The molecule has 0 aliphatic carbocycles. The number of hydrogen-bond acceptors (Lipinski definition) is 4. The van der Waals surface area contributed by atoms with Crippen LogP contribution in [0.1, 0.15) is 5.69 Å². The highest BCUT2D eigenvalue weighted by Crippen LogP contribution is 2.22. The monoisotopic (exact) mass is 362 g/mol. The van der Waals surface area contributed by atoms with E-state index in [9.17, 15) is 0 Å². The van der Waals surface area contributed by atoms with Gasteiger partial charge in [0.05, 0.1) is 9.26 Å². The zero-order valence-corrected chi connectivity index (χ0v) is 12.1. The van der Waals surface area contributed by atoms with E-state index in [4.69, 9.17) is 5.73 Å². The van der Waals surface area contributed by atoms with Crippen LogP contribution in [-0.2, 0) is 0 Å². The van der Waals surface area contributed by atoms with Crippen molar-refractivity contribution in [1.82, 2.24) is 9.97 Å². The topological polar surface area (TPSA) is 63.8 Å². The van der Waals surface area contributed by atoms with Gasteiger partial charge in [0, 0.05) is 5.69 Å². The summed E-state index contributed by atoms with van der Waals surface area (Å²) in [4.78, 5) is 8.27. The molecule has 90 valence electrons. The van der Waals surface area contributed by atoms with Gasteiger partial charge in [-0.2, -0.15) is 4.98 Å². The molecule has 0 aliphatic rings. The first-order valence-corrected chi connectivity index (χ1v) is 5.86. The molecular weight excluding hydrogens is 351 g/mol. The SMILES string of the molecule is Cc1nc(N)nc(Nc2ccccc2)c1I.Cl. The summed E-state index contributed by atoms with van der Waals surface area (Å²) in [5.41, 5.74) is 7.48. The molecule has 4 nitrogen and oxygen atoms in total. The third-order valence-electron chi connectivity index (χ3n) is 2.07. The molecule has 0 radical (unpaired) electrons. The number of rotatable bonds is 2. The molecule has 17 heavy (non-hydrogen) atoms. The number of halogens is 2. The zero-order valence-electron chi connectivity index (χ0n) is 9.14. The molecule has 1 aromatic carbocycles. The molecule has 0 saturated carbocycles. The Morgan fingerprint density at radius 3 is 2.47 bits per heavy atom. The number of anilines is 3. The van der Waals surface area contributed by atoms with Crippen LogP contribution in [0.4, 0.5) is 17.5 Å². The number of nitrogen functional groups attached to an aromatic ring is 1. The van der Waals surface area contributed by atoms with Crippen molar-refractivity contribution in [2.75, 3.05) is 11.1 Å². The van der Waals surface area contributed by atoms with E-state index < -0.39 is 0 Å². The van der Waals surface area contributed by atoms with Gasteiger partial charge in [0.1, 0.15) is 5.82 Å². The molecule has 0 saturated heterocycles. The molecule has 0 unspecified atom stereocenters. The summed E-state index contributed by atoms with van der Waals surface area (Å²) >= 11 is 2.21. The van der Waals surface area contributed by atoms with Gasteiger partial charge in [-0.25, -0.2) is 4.98 Å². The maximum atomic E-state index is 5.62. The Morgan fingerprint density at radius 1 is 1.18 bits per heavy atom. The molecule has 1 heterocycles. The van der Waals surface area contributed by atoms with E-state index in [1.165, 1.54) is 0 Å². The quantitative estimate of drug-likeness (QED) is 0.806. The smallest absolute Gasteiger partial charge is 0.222 e. The average molecular weight is 363 g/mol. The van der Waals surface area contributed by atoms with Gasteiger partial charge in [-0.05, 0) is 41.6 Å². The molecule has 0 bridgehead atoms. The Balaban J connectivity index is 0.00000144. The molecule has 0 atom stereocenters. The van der Waals surface area contributed by atoms with Crippen molar-refractivity contribution < 1.29 is 0 Å². The second-order valence-electron chi connectivity index (χ2n) is 3.32. The summed E-state index contributed by atoms with van der Waals surface area (Å²) in [5, 5.41) is 3.22. The summed E-state index contributed by atoms with van der Waals surface area (Å²) in [6, 6.07) is 9.85. The highest BCUT2D eigenvalue weighted by Gasteiger charge is 2.07. The zero-order chi connectivity index (χ0) is 11.5. The van der Waals surface area contributed by atoms with Crippen LogP contribution in [0.3, 0.4) is 0 Å². The number of para-hydroxylation sites is 1. The maximum Gasteiger partial charge on any atom is 0.222 e. The summed E-state index contributed by atoms with van der Waals surface area (Å²) in [6.07, 6.45) is 0. The molecule has 0 fully saturated rings. The number of nitrogens with one attached hydrogen (secondary N) is 1. The van der Waals surface area contributed by atoms with Crippen LogP contribution in [-0.4, -0.2) is 9.97 Å². The molecule has 0 amide bonds. The van der Waals surface area contributed by atoms with E-state index >= 15 is 0 Å². The molecule has 0 spiro atoms. The summed E-state index contributed by atoms with van der Waals surface area (Å²) in [7, 11) is 0. The first-order valence-electron chi connectivity index (χ1n) is 4.78. The van der Waals surface area contributed by atoms with Gasteiger partial charge in [0.2, 0.25) is 5.95 Å². The largest absolute Gasteiger partial charge is 0.368 e. The fourth-order valence-corrected chi connectivity index (χ4v) is 1.70. The van der Waals surface area contributed by atoms with Crippen molar-refractivity contribution >= 4 is 52.5 Å². The van der Waals surface area contributed by atoms with Gasteiger partial charge in [-0.3, -0.25) is 0 Å². The second-order valence-corrected chi connectivity index (χ2v) is 4.40. The molecule has 2 aromatic rings. The van der Waals surface area contributed by atoms with E-state index in [0.717, 1.165) is 20.8 Å². The van der Waals surface area contributed by atoms with Crippen molar-refractivity contribution in [3.63, 3.8) is 0 Å². The fraction of sp³-hybridized carbons (Fsp3) is 0.0909. The highest BCUT2D eigenvalue weighted by molar-refractivity contribution is 14.1. The molecular formula is C11H12ClIN4. The van der Waals surface area contributed by atoms with Crippen LogP contribution in [0.15, 0.2) is 30.3 Å². The molecule has 6 heteroatoms. The van der Waals surface area contributed by atoms with E-state index in [1.807, 2.05) is 37.3 Å². The number of hydrogen-bond donors (Lipinski definition) is 2. The van der Waals surface area contributed by atoms with E-state index in [-0.39, 0.29) is 18.4 Å². The predicted molar refractivity (Wildman–Crippen MR) is 80.9 cm³/mol. The van der Waals surface area contributed by atoms with Crippen molar-refractivity contribution in [2.24, 2.45) is 0 Å². The van der Waals surface area contributed by atoms with Crippen molar-refractivity contribution in [2.45, 2.75) is 6.92 Å². The number of aromatic nitrogens is 2. The van der Waals surface area contributed by atoms with Crippen molar-refractivity contribution in [1.29, 1.82) is 0 Å². The Labute approximate surface area is 120 Å². The summed E-state index contributed by atoms with van der Waals surface area (Å²) < 4.78 is 0.982. The molecule has 1 aromatic heterocycles. The lowest BCUT2D eigenvalue weighted by Gasteiger charge is -2.09. The van der Waals surface area contributed by atoms with Gasteiger partial charge in [-0.15, -0.1) is 12.4 Å². The van der Waals surface area contributed by atoms with E-state index in [1.54, 1.807) is 0 Å². The normalized spacial score (nSPS) is 9.53. The Bertz CT molecular complexity index is 504. The third-order valence-corrected chi connectivity index (χ3v) is 3.36. The number of benzene rings is 1. The predicted octanol–water partition coefficient (Wildman–Crippen LogP) is 3.14. The van der Waals surface area contributed by atoms with Gasteiger partial charge < -0.3 is 11.1 Å². The summed E-state index contributed by atoms with van der Waals surface area (Å²) in [5.74, 6) is 1.04. The standard InChI is InChI=1S/C11H11IN4.ClH/c1-7-9(12)10(16-11(13)14-7)15-8-5-3-2-4-6-8;/h2-6H,1H3,(H3,13,14,15,16);1H. The van der Waals surface area contributed by atoms with Crippen molar-refractivity contribution in [3.05, 3.63) is 39.6 Å². The number of aryl methyl sites for hydroxylation is 1. The first kappa shape index (κ1) is 14.0. The van der Waals surface area contributed by atoms with Crippen LogP contribution in [0, 0.1) is 10.5 Å². The van der Waals surface area contributed by atoms with E-state index in [2.05, 4.69) is 37.9 Å². The van der Waals surface area contributed by atoms with Crippen LogP contribution in [0.25, 0.3) is 0 Å². The Hall–Kier alpha value is -1.08. The van der Waals surface area contributed by atoms with Gasteiger partial charge in [-0.1, -0.05) is 18.2 Å². The number of nitrogens with zero attached hydrogens (tertiary/aromatic N) is 2. The maximum absolute atomic E-state index is 5.62. The van der Waals surface area contributed by atoms with E-state index in [0.29, 0.717) is 0 Å². The second kappa shape index (κ2) is 6.02. The molecule has 0 aliphatic heterocycles. The minimum absolute atomic E-state index is 0. The lowest BCUT2D eigenvalue weighted by Crippen LogP contribution is -2.04. The molecule has 3 N–H and O–H groups in total. The summed E-state index contributed by atoms with van der Waals surface area (Å²) in [6.45, 7) is 1.91. The average Bonchev–Trinajstić information content (AvgIpc) is 2.27. The van der Waals surface area contributed by atoms with Crippen LogP contribution < -0.4 is 11.1 Å². The van der Waals surface area contributed by atoms with Crippen LogP contribution >= 0.6 is 35.0 Å². The van der Waals surface area contributed by atoms with Gasteiger partial charge in [0.15, 0.2) is 0 Å². The third kappa shape index (κ3) is 3.44.